The van der Waals surface area contributed by atoms with Crippen LogP contribution in [0.4, 0.5) is 17.6 Å². The van der Waals surface area contributed by atoms with Gasteiger partial charge in [0.05, 0.1) is 6.61 Å². The third-order valence-electron chi connectivity index (χ3n) is 6.36. The smallest absolute Gasteiger partial charge is 0.310 e. The Morgan fingerprint density at radius 2 is 1.54 bits per heavy atom. The lowest BCUT2D eigenvalue weighted by atomic mass is 9.51. The van der Waals surface area contributed by atoms with E-state index >= 15 is 0 Å². The summed E-state index contributed by atoms with van der Waals surface area (Å²) in [6, 6.07) is 0. The first kappa shape index (κ1) is 18.0. The van der Waals surface area contributed by atoms with Crippen LogP contribution in [0, 0.1) is 29.6 Å². The summed E-state index contributed by atoms with van der Waals surface area (Å²) in [5.74, 6) is -5.21. The number of halogens is 4. The highest BCUT2D eigenvalue weighted by atomic mass is 19.3. The highest BCUT2D eigenvalue weighted by molar-refractivity contribution is 5.69. The van der Waals surface area contributed by atoms with E-state index in [9.17, 15) is 22.4 Å². The molecule has 0 N–H and O–H groups in total. The van der Waals surface area contributed by atoms with E-state index in [0.29, 0.717) is 24.2 Å². The molecule has 0 radical (unpaired) electrons. The second-order valence-corrected chi connectivity index (χ2v) is 8.22. The van der Waals surface area contributed by atoms with E-state index in [-0.39, 0.29) is 25.9 Å². The topological polar surface area (TPSA) is 26.3 Å². The normalized spacial score (nSPS) is 35.3. The summed E-state index contributed by atoms with van der Waals surface area (Å²) in [5, 5.41) is 0. The number of hydrogen-bond donors (Lipinski definition) is 0. The van der Waals surface area contributed by atoms with Gasteiger partial charge in [-0.1, -0.05) is 0 Å². The third-order valence-corrected chi connectivity index (χ3v) is 6.36. The Morgan fingerprint density at radius 1 is 1.00 bits per heavy atom. The quantitative estimate of drug-likeness (QED) is 0.364. The fourth-order valence-electron chi connectivity index (χ4n) is 5.32. The van der Waals surface area contributed by atoms with E-state index in [0.717, 1.165) is 11.8 Å². The van der Waals surface area contributed by atoms with Gasteiger partial charge in [0.1, 0.15) is 0 Å². The molecule has 0 amide bonds. The Hall–Kier alpha value is -0.810. The minimum Gasteiger partial charge on any atom is -0.466 e. The van der Waals surface area contributed by atoms with Crippen LogP contribution in [0.15, 0.2) is 0 Å². The van der Waals surface area contributed by atoms with Gasteiger partial charge in [0.15, 0.2) is 0 Å². The van der Waals surface area contributed by atoms with Gasteiger partial charge in [0.25, 0.3) is 0 Å². The Bertz CT molecular complexity index is 444. The van der Waals surface area contributed by atoms with Gasteiger partial charge in [-0.2, -0.15) is 8.78 Å². The molecule has 0 aromatic heterocycles. The second kappa shape index (κ2) is 6.49. The van der Waals surface area contributed by atoms with Crippen LogP contribution in [0.5, 0.6) is 0 Å². The molecule has 2 nitrogen and oxygen atoms in total. The molecule has 0 aliphatic heterocycles. The summed E-state index contributed by atoms with van der Waals surface area (Å²) in [6.07, 6.45) is 5.33. The van der Waals surface area contributed by atoms with E-state index < -0.39 is 18.3 Å². The number of rotatable bonds is 7. The fourth-order valence-corrected chi connectivity index (χ4v) is 5.32. The van der Waals surface area contributed by atoms with Crippen LogP contribution in [0.2, 0.25) is 0 Å². The second-order valence-electron chi connectivity index (χ2n) is 8.22. The SMILES string of the molecule is CC(F)(F)C(F)(F)CCCOC(=O)CC1C2CC3CC(C2)CC1C3. The predicted octanol–water partition coefficient (Wildman–Crippen LogP) is 5.06. The Balaban J connectivity index is 1.39. The molecular formula is C18H26F4O2. The van der Waals surface area contributed by atoms with Crippen molar-refractivity contribution in [3.63, 3.8) is 0 Å². The van der Waals surface area contributed by atoms with Gasteiger partial charge in [-0.25, -0.2) is 8.78 Å². The van der Waals surface area contributed by atoms with E-state index in [1.165, 1.54) is 32.1 Å². The molecular weight excluding hydrogens is 324 g/mol. The number of hydrogen-bond acceptors (Lipinski definition) is 2. The minimum atomic E-state index is -4.05. The zero-order chi connectivity index (χ0) is 17.5. The van der Waals surface area contributed by atoms with E-state index in [1.807, 2.05) is 0 Å². The Morgan fingerprint density at radius 3 is 2.04 bits per heavy atom. The van der Waals surface area contributed by atoms with Crippen LogP contribution in [0.1, 0.15) is 58.3 Å². The van der Waals surface area contributed by atoms with Crippen molar-refractivity contribution in [3.05, 3.63) is 0 Å². The lowest BCUT2D eigenvalue weighted by molar-refractivity contribution is -0.202. The molecule has 4 aliphatic carbocycles. The number of carbonyl (C=O) groups is 1. The fraction of sp³-hybridized carbons (Fsp3) is 0.944. The molecule has 6 heteroatoms. The Kier molecular flexibility index (Phi) is 4.86. The summed E-state index contributed by atoms with van der Waals surface area (Å²) in [5.41, 5.74) is 0. The van der Waals surface area contributed by atoms with E-state index in [2.05, 4.69) is 0 Å². The molecule has 4 fully saturated rings. The molecule has 24 heavy (non-hydrogen) atoms. The third kappa shape index (κ3) is 3.72. The maximum Gasteiger partial charge on any atom is 0.310 e. The molecule has 0 aromatic carbocycles. The molecule has 0 aromatic rings. The number of ether oxygens (including phenoxy) is 1. The molecule has 0 spiro atoms. The van der Waals surface area contributed by atoms with Crippen molar-refractivity contribution in [2.75, 3.05) is 6.61 Å². The van der Waals surface area contributed by atoms with Gasteiger partial charge < -0.3 is 4.74 Å². The largest absolute Gasteiger partial charge is 0.466 e. The van der Waals surface area contributed by atoms with Crippen LogP contribution < -0.4 is 0 Å². The monoisotopic (exact) mass is 350 g/mol. The van der Waals surface area contributed by atoms with Crippen LogP contribution in [-0.2, 0) is 9.53 Å². The molecule has 4 aliphatic rings. The number of alkyl halides is 4. The van der Waals surface area contributed by atoms with Crippen molar-refractivity contribution in [3.8, 4) is 0 Å². The summed E-state index contributed by atoms with van der Waals surface area (Å²) in [4.78, 5) is 12.0. The van der Waals surface area contributed by atoms with E-state index in [4.69, 9.17) is 4.74 Å². The van der Waals surface area contributed by atoms with Crippen LogP contribution in [0.3, 0.4) is 0 Å². The zero-order valence-electron chi connectivity index (χ0n) is 14.1. The summed E-state index contributed by atoms with van der Waals surface area (Å²) in [6.45, 7) is 0.00319. The van der Waals surface area contributed by atoms with E-state index in [1.54, 1.807) is 0 Å². The number of esters is 1. The summed E-state index contributed by atoms with van der Waals surface area (Å²) < 4.78 is 56.7. The van der Waals surface area contributed by atoms with Gasteiger partial charge in [-0.3, -0.25) is 4.79 Å². The molecule has 0 saturated heterocycles. The van der Waals surface area contributed by atoms with Gasteiger partial charge in [0, 0.05) is 19.8 Å². The highest BCUT2D eigenvalue weighted by Crippen LogP contribution is 2.57. The lowest BCUT2D eigenvalue weighted by Crippen LogP contribution is -2.45. The predicted molar refractivity (Wildman–Crippen MR) is 80.9 cm³/mol. The standard InChI is InChI=1S/C18H26F4O2/c1-17(19,20)18(21,22)3-2-4-24-16(23)10-15-13-6-11-5-12(8-13)9-14(15)7-11/h11-15H,2-10H2,1H3. The van der Waals surface area contributed by atoms with Crippen molar-refractivity contribution < 1.29 is 27.1 Å². The van der Waals surface area contributed by atoms with Crippen molar-refractivity contribution in [1.29, 1.82) is 0 Å². The molecule has 4 saturated carbocycles. The molecule has 0 atom stereocenters. The van der Waals surface area contributed by atoms with Gasteiger partial charge in [0.2, 0.25) is 0 Å². The summed E-state index contributed by atoms with van der Waals surface area (Å²) in [7, 11) is 0. The van der Waals surface area contributed by atoms with Crippen molar-refractivity contribution in [2.45, 2.75) is 70.1 Å². The first-order valence-corrected chi connectivity index (χ1v) is 9.07. The number of carbonyl (C=O) groups excluding carboxylic acids is 1. The maximum atomic E-state index is 13.1. The average molecular weight is 350 g/mol. The average Bonchev–Trinajstić information content (AvgIpc) is 2.45. The van der Waals surface area contributed by atoms with Crippen LogP contribution in [-0.4, -0.2) is 24.4 Å². The molecule has 0 unspecified atom stereocenters. The van der Waals surface area contributed by atoms with Gasteiger partial charge >= 0.3 is 17.8 Å². The van der Waals surface area contributed by atoms with Crippen LogP contribution >= 0.6 is 0 Å². The van der Waals surface area contributed by atoms with Crippen LogP contribution in [0.25, 0.3) is 0 Å². The highest BCUT2D eigenvalue weighted by Gasteiger charge is 2.51. The molecule has 4 rings (SSSR count). The molecule has 138 valence electrons. The van der Waals surface area contributed by atoms with Crippen molar-refractivity contribution in [1.82, 2.24) is 0 Å². The zero-order valence-corrected chi connectivity index (χ0v) is 14.1. The maximum absolute atomic E-state index is 13.1. The first-order valence-electron chi connectivity index (χ1n) is 9.07. The van der Waals surface area contributed by atoms with Crippen molar-refractivity contribution >= 4 is 5.97 Å². The first-order chi connectivity index (χ1) is 11.2. The molecule has 4 bridgehead atoms. The van der Waals surface area contributed by atoms with Gasteiger partial charge in [-0.15, -0.1) is 0 Å². The Labute approximate surface area is 140 Å². The molecule has 0 heterocycles. The van der Waals surface area contributed by atoms with Gasteiger partial charge in [-0.05, 0) is 68.1 Å². The minimum absolute atomic E-state index is 0.211. The lowest BCUT2D eigenvalue weighted by Gasteiger charge is -2.54. The summed E-state index contributed by atoms with van der Waals surface area (Å²) >= 11 is 0. The van der Waals surface area contributed by atoms with Crippen molar-refractivity contribution in [2.24, 2.45) is 29.6 Å².